The van der Waals surface area contributed by atoms with Crippen molar-refractivity contribution in [1.82, 2.24) is 4.57 Å². The smallest absolute Gasteiger partial charge is 0.271 e. The van der Waals surface area contributed by atoms with E-state index in [1.807, 2.05) is 22.8 Å². The second-order valence-corrected chi connectivity index (χ2v) is 11.8. The number of halogens is 2. The van der Waals surface area contributed by atoms with Crippen molar-refractivity contribution in [3.05, 3.63) is 110 Å². The van der Waals surface area contributed by atoms with Crippen LogP contribution in [0.4, 0.5) is 0 Å². The van der Waals surface area contributed by atoms with Crippen molar-refractivity contribution in [3.8, 4) is 5.75 Å². The van der Waals surface area contributed by atoms with Crippen LogP contribution >= 0.6 is 54.5 Å². The molecule has 1 aliphatic carbocycles. The van der Waals surface area contributed by atoms with Crippen LogP contribution in [0.2, 0.25) is 0 Å². The number of aryl methyl sites for hydroxylation is 1. The van der Waals surface area contributed by atoms with Crippen molar-refractivity contribution in [2.45, 2.75) is 18.9 Å². The molecule has 2 aromatic carbocycles. The molecule has 2 aromatic heterocycles. The number of benzene rings is 2. The molecule has 6 rings (SSSR count). The zero-order valence-corrected chi connectivity index (χ0v) is 22.9. The summed E-state index contributed by atoms with van der Waals surface area (Å²) in [4.78, 5) is 20.7. The first-order valence-corrected chi connectivity index (χ1v) is 14.0. The standard InChI is InChI=1S/C26H18Br2N2O2S2/c1-32-24-18(27)11-14(12-19(24)28)13-21-25(31)30-23(20-7-4-10-33-20)17-9-8-15-5-2-3-6-16(15)22(17)29-26(30)34-21/h2-7,10-13,23H,8-9H2,1H3/b21-13-/t23-/m1/s1. The molecule has 4 nitrogen and oxygen atoms in total. The van der Waals surface area contributed by atoms with Crippen LogP contribution < -0.4 is 19.6 Å². The fourth-order valence-electron chi connectivity index (χ4n) is 4.73. The fraction of sp³-hybridized carbons (Fsp3) is 0.154. The van der Waals surface area contributed by atoms with Crippen molar-refractivity contribution < 1.29 is 4.74 Å². The minimum atomic E-state index is -0.115. The Labute approximate surface area is 220 Å². The summed E-state index contributed by atoms with van der Waals surface area (Å²) in [6.45, 7) is 0. The number of allylic oxidation sites excluding steroid dienone is 1. The summed E-state index contributed by atoms with van der Waals surface area (Å²) in [6, 6.07) is 16.5. The molecule has 0 saturated carbocycles. The van der Waals surface area contributed by atoms with Gasteiger partial charge in [-0.3, -0.25) is 9.36 Å². The van der Waals surface area contributed by atoms with Crippen LogP contribution in [0, 0.1) is 0 Å². The topological polar surface area (TPSA) is 43.6 Å². The quantitative estimate of drug-likeness (QED) is 0.288. The molecule has 0 fully saturated rings. The van der Waals surface area contributed by atoms with Crippen molar-refractivity contribution in [2.75, 3.05) is 7.11 Å². The average molecular weight is 614 g/mol. The van der Waals surface area contributed by atoms with Gasteiger partial charge in [-0.2, -0.15) is 0 Å². The molecule has 2 aliphatic rings. The minimum absolute atomic E-state index is 0.00405. The fourth-order valence-corrected chi connectivity index (χ4v) is 8.12. The van der Waals surface area contributed by atoms with Gasteiger partial charge in [0, 0.05) is 10.4 Å². The van der Waals surface area contributed by atoms with E-state index in [4.69, 9.17) is 9.73 Å². The lowest BCUT2D eigenvalue weighted by molar-refractivity contribution is 0.409. The molecule has 8 heteroatoms. The number of thiophene rings is 1. The number of ether oxygens (including phenoxy) is 1. The monoisotopic (exact) mass is 612 g/mol. The number of methoxy groups -OCH3 is 1. The van der Waals surface area contributed by atoms with Crippen molar-refractivity contribution in [1.29, 1.82) is 0 Å². The highest BCUT2D eigenvalue weighted by Crippen LogP contribution is 2.42. The summed E-state index contributed by atoms with van der Waals surface area (Å²) in [5.74, 6) is 0.725. The van der Waals surface area contributed by atoms with Gasteiger partial charge in [0.25, 0.3) is 5.56 Å². The molecule has 3 heterocycles. The Hall–Kier alpha value is -2.26. The van der Waals surface area contributed by atoms with Gasteiger partial charge in [0.2, 0.25) is 0 Å². The normalized spacial score (nSPS) is 17.1. The minimum Gasteiger partial charge on any atom is -0.494 e. The Morgan fingerprint density at radius 2 is 1.91 bits per heavy atom. The lowest BCUT2D eigenvalue weighted by Gasteiger charge is -2.30. The zero-order chi connectivity index (χ0) is 23.4. The first kappa shape index (κ1) is 22.2. The van der Waals surface area contributed by atoms with E-state index in [0.717, 1.165) is 43.6 Å². The summed E-state index contributed by atoms with van der Waals surface area (Å²) in [5.41, 5.74) is 5.67. The van der Waals surface area contributed by atoms with Gasteiger partial charge in [0.15, 0.2) is 4.80 Å². The van der Waals surface area contributed by atoms with Crippen LogP contribution in [-0.2, 0) is 6.42 Å². The molecular weight excluding hydrogens is 596 g/mol. The first-order valence-electron chi connectivity index (χ1n) is 10.7. The molecule has 0 radical (unpaired) electrons. The molecule has 0 unspecified atom stereocenters. The highest BCUT2D eigenvalue weighted by Gasteiger charge is 2.33. The Kier molecular flexibility index (Phi) is 5.72. The van der Waals surface area contributed by atoms with Crippen LogP contribution in [0.3, 0.4) is 0 Å². The van der Waals surface area contributed by atoms with Gasteiger partial charge >= 0.3 is 0 Å². The third-order valence-corrected chi connectivity index (χ3v) is 9.29. The van der Waals surface area contributed by atoms with E-state index in [-0.39, 0.29) is 11.6 Å². The van der Waals surface area contributed by atoms with E-state index >= 15 is 0 Å². The summed E-state index contributed by atoms with van der Waals surface area (Å²) >= 11 is 10.3. The Bertz CT molecular complexity index is 1630. The van der Waals surface area contributed by atoms with Gasteiger partial charge in [0.1, 0.15) is 5.75 Å². The maximum Gasteiger partial charge on any atom is 0.271 e. The lowest BCUT2D eigenvalue weighted by Crippen LogP contribution is -2.38. The summed E-state index contributed by atoms with van der Waals surface area (Å²) < 4.78 is 9.63. The molecule has 34 heavy (non-hydrogen) atoms. The Morgan fingerprint density at radius 3 is 2.65 bits per heavy atom. The third kappa shape index (κ3) is 3.59. The highest BCUT2D eigenvalue weighted by molar-refractivity contribution is 9.11. The number of rotatable bonds is 3. The summed E-state index contributed by atoms with van der Waals surface area (Å²) in [6.07, 6.45) is 3.80. The van der Waals surface area contributed by atoms with Gasteiger partial charge in [-0.15, -0.1) is 11.3 Å². The van der Waals surface area contributed by atoms with Crippen molar-refractivity contribution in [3.63, 3.8) is 0 Å². The second kappa shape index (κ2) is 8.75. The number of thiazole rings is 1. The molecule has 1 aliphatic heterocycles. The molecule has 0 spiro atoms. The zero-order valence-electron chi connectivity index (χ0n) is 18.0. The molecule has 1 atom stereocenters. The van der Waals surface area contributed by atoms with Gasteiger partial charge in [0.05, 0.1) is 32.3 Å². The number of hydrogen-bond donors (Lipinski definition) is 0. The molecule has 4 aromatic rings. The summed E-state index contributed by atoms with van der Waals surface area (Å²) in [5, 5.41) is 2.08. The molecule has 0 saturated heterocycles. The van der Waals surface area contributed by atoms with E-state index in [1.165, 1.54) is 32.9 Å². The Balaban J connectivity index is 1.59. The molecule has 0 bridgehead atoms. The second-order valence-electron chi connectivity index (χ2n) is 8.15. The van der Waals surface area contributed by atoms with Crippen LogP contribution in [0.5, 0.6) is 5.75 Å². The maximum atomic E-state index is 13.8. The predicted molar refractivity (Wildman–Crippen MR) is 145 cm³/mol. The van der Waals surface area contributed by atoms with Crippen molar-refractivity contribution in [2.24, 2.45) is 4.99 Å². The highest BCUT2D eigenvalue weighted by atomic mass is 79.9. The van der Waals surface area contributed by atoms with Crippen LogP contribution in [-0.4, -0.2) is 11.7 Å². The number of hydrogen-bond acceptors (Lipinski definition) is 5. The van der Waals surface area contributed by atoms with Crippen LogP contribution in [0.15, 0.2) is 78.2 Å². The molecule has 170 valence electrons. The number of fused-ring (bicyclic) bond motifs is 3. The molecule has 0 amide bonds. The van der Waals surface area contributed by atoms with Crippen molar-refractivity contribution >= 4 is 66.3 Å². The summed E-state index contributed by atoms with van der Waals surface area (Å²) in [7, 11) is 1.63. The van der Waals surface area contributed by atoms with Gasteiger partial charge in [-0.25, -0.2) is 4.99 Å². The van der Waals surface area contributed by atoms with E-state index in [0.29, 0.717) is 4.53 Å². The van der Waals surface area contributed by atoms with Crippen LogP contribution in [0.25, 0.3) is 11.8 Å². The van der Waals surface area contributed by atoms with E-state index in [2.05, 4.69) is 73.6 Å². The average Bonchev–Trinajstić information content (AvgIpc) is 3.46. The maximum absolute atomic E-state index is 13.8. The molecule has 0 N–H and O–H groups in total. The van der Waals surface area contributed by atoms with Crippen LogP contribution in [0.1, 0.15) is 34.0 Å². The predicted octanol–water partition coefficient (Wildman–Crippen LogP) is 5.91. The third-order valence-electron chi connectivity index (χ3n) is 6.21. The van der Waals surface area contributed by atoms with E-state index in [1.54, 1.807) is 18.4 Å². The Morgan fingerprint density at radius 1 is 1.12 bits per heavy atom. The SMILES string of the molecule is COc1c(Br)cc(/C=c2\sc3n(c2=O)[C@@H](c2cccs2)C2=C(N=3)c3ccccc3CC2)cc1Br. The number of aromatic nitrogens is 1. The largest absolute Gasteiger partial charge is 0.494 e. The van der Waals surface area contributed by atoms with E-state index < -0.39 is 0 Å². The number of nitrogens with zero attached hydrogens (tertiary/aromatic N) is 2. The van der Waals surface area contributed by atoms with Gasteiger partial charge < -0.3 is 4.74 Å². The van der Waals surface area contributed by atoms with Gasteiger partial charge in [-0.1, -0.05) is 41.7 Å². The molecular formula is C26H18Br2N2O2S2. The van der Waals surface area contributed by atoms with Gasteiger partial charge in [-0.05, 0) is 91.1 Å². The lowest BCUT2D eigenvalue weighted by atomic mass is 9.85. The van der Waals surface area contributed by atoms with E-state index in [9.17, 15) is 4.79 Å². The first-order chi connectivity index (χ1) is 16.5.